The van der Waals surface area contributed by atoms with Crippen molar-refractivity contribution in [3.8, 4) is 0 Å². The van der Waals surface area contributed by atoms with Gasteiger partial charge < -0.3 is 15.4 Å². The maximum Gasteiger partial charge on any atom is 0.246 e. The first-order valence-electron chi connectivity index (χ1n) is 7.11. The second-order valence-corrected chi connectivity index (χ2v) is 5.48. The number of halogens is 2. The first kappa shape index (κ1) is 18.0. The number of aliphatic imine (C=N–C) groups is 1. The highest BCUT2D eigenvalue weighted by molar-refractivity contribution is 6.29. The third-order valence-corrected chi connectivity index (χ3v) is 3.66. The molecule has 2 heterocycles. The number of nitrogens with zero attached hydrogens (tertiary/aromatic N) is 3. The number of carbonyl (C=O) groups is 1. The molecule has 1 saturated heterocycles. The fourth-order valence-electron chi connectivity index (χ4n) is 2.40. The Morgan fingerprint density at radius 3 is 3.00 bits per heavy atom. The van der Waals surface area contributed by atoms with Crippen molar-refractivity contribution in [1.29, 1.82) is 5.41 Å². The van der Waals surface area contributed by atoms with Crippen LogP contribution in [0.5, 0.6) is 0 Å². The zero-order valence-electron chi connectivity index (χ0n) is 12.8. The molecule has 0 radical (unpaired) electrons. The predicted octanol–water partition coefficient (Wildman–Crippen LogP) is 1.47. The van der Waals surface area contributed by atoms with Crippen molar-refractivity contribution >= 4 is 29.7 Å². The predicted molar refractivity (Wildman–Crippen MR) is 89.1 cm³/mol. The van der Waals surface area contributed by atoms with Crippen LogP contribution in [0.2, 0.25) is 5.15 Å². The van der Waals surface area contributed by atoms with Crippen LogP contribution in [0.4, 0.5) is 4.39 Å². The van der Waals surface area contributed by atoms with Gasteiger partial charge in [-0.15, -0.1) is 0 Å². The topological polar surface area (TPSA) is 105 Å². The minimum absolute atomic E-state index is 0.00764. The summed E-state index contributed by atoms with van der Waals surface area (Å²) in [6.45, 7) is 3.34. The molecule has 0 aromatic carbocycles. The molecular weight excluding hydrogens is 337 g/mol. The lowest BCUT2D eigenvalue weighted by atomic mass is 10.1. The first-order chi connectivity index (χ1) is 11.5. The van der Waals surface area contributed by atoms with E-state index in [1.807, 2.05) is 0 Å². The number of ether oxygens (including phenoxy) is 1. The van der Waals surface area contributed by atoms with Crippen molar-refractivity contribution in [2.24, 2.45) is 10.7 Å². The van der Waals surface area contributed by atoms with E-state index in [-0.39, 0.29) is 36.4 Å². The number of hydrogen-bond acceptors (Lipinski definition) is 4. The number of nitrogens with one attached hydrogen (secondary N) is 1. The van der Waals surface area contributed by atoms with Crippen molar-refractivity contribution in [1.82, 2.24) is 9.88 Å². The largest absolute Gasteiger partial charge is 0.382 e. The molecule has 3 N–H and O–H groups in total. The molecule has 2 rings (SSSR count). The molecule has 1 aliphatic rings. The van der Waals surface area contributed by atoms with E-state index in [1.54, 1.807) is 12.1 Å². The summed E-state index contributed by atoms with van der Waals surface area (Å²) in [4.78, 5) is 21.1. The molecule has 128 valence electrons. The van der Waals surface area contributed by atoms with Crippen LogP contribution in [-0.4, -0.2) is 53.9 Å². The molecule has 0 spiro atoms. The zero-order chi connectivity index (χ0) is 17.7. The van der Waals surface area contributed by atoms with Gasteiger partial charge in [0.1, 0.15) is 23.4 Å². The number of pyridine rings is 1. The van der Waals surface area contributed by atoms with E-state index in [0.717, 1.165) is 12.4 Å². The van der Waals surface area contributed by atoms with Crippen LogP contribution in [0.15, 0.2) is 29.8 Å². The number of rotatable bonds is 4. The summed E-state index contributed by atoms with van der Waals surface area (Å²) in [6, 6.07) is 2.58. The molecule has 0 bridgehead atoms. The van der Waals surface area contributed by atoms with Crippen molar-refractivity contribution in [2.45, 2.75) is 12.2 Å². The number of amidine groups is 1. The lowest BCUT2D eigenvalue weighted by Crippen LogP contribution is -2.38. The third kappa shape index (κ3) is 4.15. The van der Waals surface area contributed by atoms with Crippen LogP contribution in [0, 0.1) is 5.41 Å². The molecule has 0 saturated carbocycles. The molecule has 1 aliphatic heterocycles. The first-order valence-corrected chi connectivity index (χ1v) is 7.49. The van der Waals surface area contributed by atoms with Gasteiger partial charge in [0.15, 0.2) is 5.84 Å². The number of aromatic nitrogens is 1. The minimum atomic E-state index is -1.29. The van der Waals surface area contributed by atoms with Gasteiger partial charge >= 0.3 is 0 Å². The average Bonchev–Trinajstić information content (AvgIpc) is 2.75. The highest BCUT2D eigenvalue weighted by Crippen LogP contribution is 2.27. The molecular formula is C15H17ClFN5O2. The zero-order valence-corrected chi connectivity index (χ0v) is 13.5. The maximum atomic E-state index is 13.8. The number of nitrogens with two attached hydrogens (primary N) is 1. The van der Waals surface area contributed by atoms with Crippen LogP contribution >= 0.6 is 11.6 Å². The fourth-order valence-corrected chi connectivity index (χ4v) is 2.62. The van der Waals surface area contributed by atoms with Gasteiger partial charge in [-0.1, -0.05) is 18.2 Å². The summed E-state index contributed by atoms with van der Waals surface area (Å²) in [7, 11) is 0. The van der Waals surface area contributed by atoms with E-state index >= 15 is 0 Å². The quantitative estimate of drug-likeness (QED) is 0.370. The average molecular weight is 354 g/mol. The molecule has 2 atom stereocenters. The molecule has 24 heavy (non-hydrogen) atoms. The summed E-state index contributed by atoms with van der Waals surface area (Å²) in [5, 5.41) is 7.11. The van der Waals surface area contributed by atoms with Crippen LogP contribution < -0.4 is 5.73 Å². The standard InChI is InChI=1S/C15H17ClFN5O2/c1-2-14(23)22-5-10(17)6-24-7-12(22)9-3-11(15(19)20-8-18)21-13(16)4-9/h2-4,8,10,12H,1,5-7H2,(H3,18,19,20)/t10-,12+/m1/s1. The van der Waals surface area contributed by atoms with Gasteiger partial charge in [0.05, 0.1) is 25.8 Å². The smallest absolute Gasteiger partial charge is 0.246 e. The Morgan fingerprint density at radius 2 is 2.33 bits per heavy atom. The molecule has 0 aliphatic carbocycles. The monoisotopic (exact) mass is 353 g/mol. The summed E-state index contributed by atoms with van der Waals surface area (Å²) in [6.07, 6.45) is 0.618. The Balaban J connectivity index is 2.46. The van der Waals surface area contributed by atoms with Gasteiger partial charge in [0, 0.05) is 0 Å². The molecule has 0 unspecified atom stereocenters. The van der Waals surface area contributed by atoms with Crippen LogP contribution in [0.25, 0.3) is 0 Å². The van der Waals surface area contributed by atoms with E-state index in [9.17, 15) is 9.18 Å². The van der Waals surface area contributed by atoms with Gasteiger partial charge in [-0.2, -0.15) is 0 Å². The van der Waals surface area contributed by atoms with E-state index in [1.165, 1.54) is 4.90 Å². The van der Waals surface area contributed by atoms with E-state index in [0.29, 0.717) is 5.56 Å². The molecule has 1 fully saturated rings. The second kappa shape index (κ2) is 7.98. The van der Waals surface area contributed by atoms with Crippen molar-refractivity contribution in [3.05, 3.63) is 41.2 Å². The highest BCUT2D eigenvalue weighted by Gasteiger charge is 2.30. The van der Waals surface area contributed by atoms with Gasteiger partial charge in [-0.25, -0.2) is 14.4 Å². The Hall–Kier alpha value is -2.32. The number of hydrogen-bond donors (Lipinski definition) is 2. The van der Waals surface area contributed by atoms with Gasteiger partial charge in [-0.05, 0) is 23.8 Å². The van der Waals surface area contributed by atoms with E-state index in [4.69, 9.17) is 27.5 Å². The van der Waals surface area contributed by atoms with E-state index < -0.39 is 18.1 Å². The Morgan fingerprint density at radius 1 is 1.58 bits per heavy atom. The molecule has 1 amide bonds. The van der Waals surface area contributed by atoms with Gasteiger partial charge in [-0.3, -0.25) is 10.2 Å². The van der Waals surface area contributed by atoms with Crippen LogP contribution in [0.1, 0.15) is 17.3 Å². The molecule has 7 nitrogen and oxygen atoms in total. The number of amides is 1. The maximum absolute atomic E-state index is 13.8. The number of alkyl halides is 1. The van der Waals surface area contributed by atoms with Crippen LogP contribution in [0.3, 0.4) is 0 Å². The van der Waals surface area contributed by atoms with Gasteiger partial charge in [0.2, 0.25) is 5.91 Å². The van der Waals surface area contributed by atoms with Crippen molar-refractivity contribution in [2.75, 3.05) is 19.8 Å². The van der Waals surface area contributed by atoms with Crippen molar-refractivity contribution in [3.63, 3.8) is 0 Å². The van der Waals surface area contributed by atoms with Crippen molar-refractivity contribution < 1.29 is 13.9 Å². The summed E-state index contributed by atoms with van der Waals surface area (Å²) in [5.74, 6) is -0.406. The third-order valence-electron chi connectivity index (χ3n) is 3.47. The lowest BCUT2D eigenvalue weighted by molar-refractivity contribution is -0.129. The Labute approximate surface area is 143 Å². The molecule has 1 aromatic rings. The van der Waals surface area contributed by atoms with E-state index in [2.05, 4.69) is 16.6 Å². The Bertz CT molecular complexity index is 682. The summed E-state index contributed by atoms with van der Waals surface area (Å²) >= 11 is 6.03. The lowest BCUT2D eigenvalue weighted by Gasteiger charge is -2.29. The Kier molecular flexibility index (Phi) is 5.99. The summed E-state index contributed by atoms with van der Waals surface area (Å²) in [5.41, 5.74) is 6.57. The SMILES string of the molecule is C=CC(=O)N1C[C@@H](F)COC[C@H]1c1cc(Cl)nc(C(N)=NC=N)c1. The molecule has 1 aromatic heterocycles. The van der Waals surface area contributed by atoms with Crippen LogP contribution in [-0.2, 0) is 9.53 Å². The van der Waals surface area contributed by atoms with Gasteiger partial charge in [0.25, 0.3) is 0 Å². The highest BCUT2D eigenvalue weighted by atomic mass is 35.5. The second-order valence-electron chi connectivity index (χ2n) is 5.10. The fraction of sp³-hybridized carbons (Fsp3) is 0.333. The normalized spacial score (nSPS) is 21.9. The minimum Gasteiger partial charge on any atom is -0.382 e. The molecule has 9 heteroatoms. The summed E-state index contributed by atoms with van der Waals surface area (Å²) < 4.78 is 19.1. The number of carbonyl (C=O) groups excluding carboxylic acids is 1.